The van der Waals surface area contributed by atoms with Crippen molar-refractivity contribution >= 4 is 0 Å². The summed E-state index contributed by atoms with van der Waals surface area (Å²) in [6.45, 7) is 2.82. The minimum atomic E-state index is -0.468. The van der Waals surface area contributed by atoms with Crippen LogP contribution in [0.1, 0.15) is 57.2 Å². The highest BCUT2D eigenvalue weighted by Gasteiger charge is 2.16. The van der Waals surface area contributed by atoms with Crippen LogP contribution < -0.4 is 4.74 Å². The van der Waals surface area contributed by atoms with Gasteiger partial charge in [0.2, 0.25) is 5.88 Å². The number of hydrogen-bond acceptors (Lipinski definition) is 3. The van der Waals surface area contributed by atoms with Gasteiger partial charge in [-0.05, 0) is 31.2 Å². The zero-order valence-electron chi connectivity index (χ0n) is 11.1. The fourth-order valence-electron chi connectivity index (χ4n) is 2.50. The lowest BCUT2D eigenvalue weighted by Crippen LogP contribution is -2.10. The van der Waals surface area contributed by atoms with Gasteiger partial charge in [-0.25, -0.2) is 4.98 Å². The molecule has 0 aromatic carbocycles. The smallest absolute Gasteiger partial charge is 0.213 e. The Balaban J connectivity index is 1.89. The quantitative estimate of drug-likeness (QED) is 0.839. The average molecular weight is 249 g/mol. The van der Waals surface area contributed by atoms with Gasteiger partial charge in [0.1, 0.15) is 0 Å². The largest absolute Gasteiger partial charge is 0.477 e. The van der Waals surface area contributed by atoms with E-state index in [1.807, 2.05) is 18.2 Å². The predicted octanol–water partition coefficient (Wildman–Crippen LogP) is 3.48. The first-order valence-corrected chi connectivity index (χ1v) is 7.07. The summed E-state index contributed by atoms with van der Waals surface area (Å²) in [6.07, 6.45) is 6.45. The predicted molar refractivity (Wildman–Crippen MR) is 71.6 cm³/mol. The number of pyridine rings is 1. The molecule has 2 rings (SSSR count). The van der Waals surface area contributed by atoms with Crippen LogP contribution in [-0.4, -0.2) is 16.7 Å². The van der Waals surface area contributed by atoms with E-state index in [-0.39, 0.29) is 0 Å². The molecule has 1 N–H and O–H groups in total. The molecule has 1 atom stereocenters. The van der Waals surface area contributed by atoms with E-state index >= 15 is 0 Å². The molecule has 1 aromatic heterocycles. The Kier molecular flexibility index (Phi) is 5.00. The van der Waals surface area contributed by atoms with Crippen molar-refractivity contribution in [3.05, 3.63) is 23.9 Å². The van der Waals surface area contributed by atoms with Crippen molar-refractivity contribution in [1.82, 2.24) is 4.98 Å². The van der Waals surface area contributed by atoms with E-state index in [4.69, 9.17) is 4.74 Å². The first kappa shape index (κ1) is 13.3. The molecule has 1 aliphatic rings. The second kappa shape index (κ2) is 6.74. The summed E-state index contributed by atoms with van der Waals surface area (Å²) < 4.78 is 5.74. The molecular formula is C15H23NO2. The Hall–Kier alpha value is -1.09. The number of rotatable bonds is 6. The third-order valence-electron chi connectivity index (χ3n) is 3.59. The average Bonchev–Trinajstić information content (AvgIpc) is 2.90. The van der Waals surface area contributed by atoms with Crippen molar-refractivity contribution in [1.29, 1.82) is 0 Å². The molecule has 1 aliphatic carbocycles. The number of aliphatic hydroxyl groups excluding tert-OH is 1. The van der Waals surface area contributed by atoms with Crippen molar-refractivity contribution in [3.8, 4) is 5.88 Å². The van der Waals surface area contributed by atoms with Crippen LogP contribution >= 0.6 is 0 Å². The summed E-state index contributed by atoms with van der Waals surface area (Å²) in [6, 6.07) is 5.64. The Labute approximate surface area is 109 Å². The first-order valence-electron chi connectivity index (χ1n) is 7.07. The summed E-state index contributed by atoms with van der Waals surface area (Å²) in [4.78, 5) is 4.38. The van der Waals surface area contributed by atoms with Crippen molar-refractivity contribution in [2.24, 2.45) is 5.92 Å². The zero-order valence-corrected chi connectivity index (χ0v) is 11.1. The normalized spacial score (nSPS) is 17.9. The second-order valence-corrected chi connectivity index (χ2v) is 5.17. The van der Waals surface area contributed by atoms with E-state index < -0.39 is 6.10 Å². The number of hydrogen-bond donors (Lipinski definition) is 1. The fraction of sp³-hybridized carbons (Fsp3) is 0.667. The van der Waals surface area contributed by atoms with Crippen LogP contribution in [0.3, 0.4) is 0 Å². The van der Waals surface area contributed by atoms with Gasteiger partial charge >= 0.3 is 0 Å². The van der Waals surface area contributed by atoms with E-state index in [9.17, 15) is 5.11 Å². The molecule has 0 aliphatic heterocycles. The highest BCUT2D eigenvalue weighted by atomic mass is 16.5. The van der Waals surface area contributed by atoms with Gasteiger partial charge in [-0.2, -0.15) is 0 Å². The molecule has 0 saturated heterocycles. The topological polar surface area (TPSA) is 42.4 Å². The third-order valence-corrected chi connectivity index (χ3v) is 3.59. The van der Waals surface area contributed by atoms with E-state index in [2.05, 4.69) is 11.9 Å². The number of aromatic nitrogens is 1. The highest BCUT2D eigenvalue weighted by Crippen LogP contribution is 2.25. The van der Waals surface area contributed by atoms with Crippen molar-refractivity contribution in [3.63, 3.8) is 0 Å². The Morgan fingerprint density at radius 3 is 2.89 bits per heavy atom. The molecule has 0 bridgehead atoms. The van der Waals surface area contributed by atoms with Crippen LogP contribution in [0.5, 0.6) is 5.88 Å². The molecule has 1 saturated carbocycles. The molecule has 100 valence electrons. The van der Waals surface area contributed by atoms with E-state index in [0.717, 1.165) is 25.1 Å². The molecular weight excluding hydrogens is 226 g/mol. The molecule has 0 radical (unpaired) electrons. The lowest BCUT2D eigenvalue weighted by atomic mass is 10.1. The van der Waals surface area contributed by atoms with Gasteiger partial charge in [-0.15, -0.1) is 0 Å². The Bertz CT molecular complexity index is 361. The summed E-state index contributed by atoms with van der Waals surface area (Å²) in [5.41, 5.74) is 0.723. The van der Waals surface area contributed by atoms with Gasteiger partial charge < -0.3 is 9.84 Å². The van der Waals surface area contributed by atoms with Crippen LogP contribution in [0.2, 0.25) is 0 Å². The lowest BCUT2D eigenvalue weighted by molar-refractivity contribution is 0.159. The molecule has 1 fully saturated rings. The third kappa shape index (κ3) is 3.70. The maximum absolute atomic E-state index is 9.91. The molecule has 1 heterocycles. The maximum Gasteiger partial charge on any atom is 0.213 e. The molecule has 0 unspecified atom stereocenters. The van der Waals surface area contributed by atoms with Gasteiger partial charge in [-0.3, -0.25) is 0 Å². The number of ether oxygens (including phenoxy) is 1. The molecule has 3 nitrogen and oxygen atoms in total. The van der Waals surface area contributed by atoms with Crippen LogP contribution in [0.25, 0.3) is 0 Å². The van der Waals surface area contributed by atoms with Gasteiger partial charge in [0.25, 0.3) is 0 Å². The van der Waals surface area contributed by atoms with Gasteiger partial charge in [0, 0.05) is 6.07 Å². The van der Waals surface area contributed by atoms with Crippen molar-refractivity contribution in [2.45, 2.75) is 51.6 Å². The first-order chi connectivity index (χ1) is 8.79. The second-order valence-electron chi connectivity index (χ2n) is 5.17. The number of nitrogens with zero attached hydrogens (tertiary/aromatic N) is 1. The monoisotopic (exact) mass is 249 g/mol. The van der Waals surface area contributed by atoms with Crippen LogP contribution in [0, 0.1) is 5.92 Å². The Morgan fingerprint density at radius 1 is 1.39 bits per heavy atom. The van der Waals surface area contributed by atoms with E-state index in [1.54, 1.807) is 0 Å². The molecule has 0 spiro atoms. The van der Waals surface area contributed by atoms with Gasteiger partial charge in [0.15, 0.2) is 0 Å². The zero-order chi connectivity index (χ0) is 12.8. The van der Waals surface area contributed by atoms with Crippen LogP contribution in [0.15, 0.2) is 18.2 Å². The summed E-state index contributed by atoms with van der Waals surface area (Å²) >= 11 is 0. The fourth-order valence-corrected chi connectivity index (χ4v) is 2.50. The van der Waals surface area contributed by atoms with Crippen molar-refractivity contribution < 1.29 is 9.84 Å². The molecule has 18 heavy (non-hydrogen) atoms. The standard InChI is InChI=1S/C15H23NO2/c1-2-6-14(17)13-9-5-10-15(16-13)18-11-12-7-3-4-8-12/h5,9-10,12,14,17H,2-4,6-8,11H2,1H3/t14-/m1/s1. The minimum Gasteiger partial charge on any atom is -0.477 e. The van der Waals surface area contributed by atoms with Gasteiger partial charge in [-0.1, -0.05) is 32.3 Å². The van der Waals surface area contributed by atoms with E-state index in [1.165, 1.54) is 25.7 Å². The molecule has 1 aromatic rings. The lowest BCUT2D eigenvalue weighted by Gasteiger charge is -2.13. The SMILES string of the molecule is CCC[C@@H](O)c1cccc(OCC2CCCC2)n1. The summed E-state index contributed by atoms with van der Waals surface area (Å²) in [7, 11) is 0. The maximum atomic E-state index is 9.91. The van der Waals surface area contributed by atoms with E-state index in [0.29, 0.717) is 11.8 Å². The summed E-state index contributed by atoms with van der Waals surface area (Å²) in [5.74, 6) is 1.34. The van der Waals surface area contributed by atoms with Crippen LogP contribution in [-0.2, 0) is 0 Å². The minimum absolute atomic E-state index is 0.468. The molecule has 3 heteroatoms. The highest BCUT2D eigenvalue weighted by molar-refractivity contribution is 5.17. The van der Waals surface area contributed by atoms with Gasteiger partial charge in [0.05, 0.1) is 18.4 Å². The summed E-state index contributed by atoms with van der Waals surface area (Å²) in [5, 5.41) is 9.91. The number of aliphatic hydroxyl groups is 1. The van der Waals surface area contributed by atoms with Crippen molar-refractivity contribution in [2.75, 3.05) is 6.61 Å². The Morgan fingerprint density at radius 2 is 2.17 bits per heavy atom. The molecule has 0 amide bonds. The van der Waals surface area contributed by atoms with Crippen LogP contribution in [0.4, 0.5) is 0 Å².